The Labute approximate surface area is 319 Å². The minimum atomic E-state index is 0.0113. The van der Waals surface area contributed by atoms with Crippen molar-refractivity contribution in [2.75, 3.05) is 11.5 Å². The molecule has 2 nitrogen and oxygen atoms in total. The summed E-state index contributed by atoms with van der Waals surface area (Å²) >= 11 is 21.8. The summed E-state index contributed by atoms with van der Waals surface area (Å²) in [6.45, 7) is 8.74. The Hall–Kier alpha value is -1.50. The van der Waals surface area contributed by atoms with Crippen molar-refractivity contribution in [1.29, 1.82) is 0 Å². The second kappa shape index (κ2) is 17.1. The molecule has 0 fully saturated rings. The molecule has 2 aromatic carbocycles. The number of thioether (sulfide) groups is 2. The molecule has 0 saturated heterocycles. The normalized spacial score (nSPS) is 13.0. The van der Waals surface area contributed by atoms with Gasteiger partial charge in [-0.2, -0.15) is 0 Å². The van der Waals surface area contributed by atoms with E-state index >= 15 is 0 Å². The first-order valence-electron chi connectivity index (χ1n) is 16.7. The molecule has 0 radical (unpaired) electrons. The van der Waals surface area contributed by atoms with Crippen LogP contribution in [0.3, 0.4) is 0 Å². The molecule has 0 aliphatic rings. The highest BCUT2D eigenvalue weighted by Crippen LogP contribution is 2.47. The van der Waals surface area contributed by atoms with E-state index in [4.69, 9.17) is 33.9 Å². The van der Waals surface area contributed by atoms with Crippen LogP contribution >= 0.6 is 93.3 Å². The number of thiocarbonyl (C=S) groups is 2. The van der Waals surface area contributed by atoms with Crippen molar-refractivity contribution in [2.45, 2.75) is 78.4 Å². The molecule has 6 aromatic rings. The van der Waals surface area contributed by atoms with Gasteiger partial charge in [0.25, 0.3) is 0 Å². The van der Waals surface area contributed by atoms with E-state index in [0.717, 1.165) is 37.2 Å². The number of hydrogen-bond donors (Lipinski definition) is 0. The van der Waals surface area contributed by atoms with Gasteiger partial charge in [-0.3, -0.25) is 0 Å². The molecular weight excluding hydrogens is 745 g/mol. The zero-order valence-corrected chi connectivity index (χ0v) is 34.2. The molecule has 2 unspecified atom stereocenters. The number of thiophene rings is 4. The van der Waals surface area contributed by atoms with E-state index in [-0.39, 0.29) is 12.2 Å². The molecule has 0 amide bonds. The third-order valence-electron chi connectivity index (χ3n) is 8.19. The Bertz CT molecular complexity index is 1870. The van der Waals surface area contributed by atoms with Gasteiger partial charge in [0.1, 0.15) is 12.2 Å². The quantitative estimate of drug-likeness (QED) is 0.0803. The van der Waals surface area contributed by atoms with Crippen LogP contribution in [0.25, 0.3) is 50.5 Å². The molecule has 0 bridgehead atoms. The van der Waals surface area contributed by atoms with Gasteiger partial charge in [0.05, 0.1) is 9.40 Å². The Morgan fingerprint density at radius 3 is 1.44 bits per heavy atom. The second-order valence-electron chi connectivity index (χ2n) is 11.6. The number of unbranched alkanes of at least 4 members (excludes halogenated alkanes) is 2. The maximum absolute atomic E-state index is 6.20. The van der Waals surface area contributed by atoms with E-state index in [1.54, 1.807) is 23.5 Å². The van der Waals surface area contributed by atoms with Crippen LogP contribution in [0.15, 0.2) is 60.7 Å². The Morgan fingerprint density at radius 1 is 0.604 bits per heavy atom. The lowest BCUT2D eigenvalue weighted by atomic mass is 10.1. The highest BCUT2D eigenvalue weighted by Gasteiger charge is 2.19. The number of fused-ring (bicyclic) bond motifs is 5. The Balaban J connectivity index is 1.19. The standard InChI is InChI=1S/C38H40O2S8/c1-5-9-19-43-37(41)39-27(7-3)31-17-15-29(45-31)23-11-13-25-33(21-23)47-36-26-14-12-24(22-34(26)48-35(25)36)30-16-18-32(46-30)28(8-4)40-38(42)44-20-10-6-2/h11-18,21-22,27-28H,5-10,19-20H2,1-4H3. The first-order chi connectivity index (χ1) is 23.4. The monoisotopic (exact) mass is 784 g/mol. The average molecular weight is 785 g/mol. The summed E-state index contributed by atoms with van der Waals surface area (Å²) in [6.07, 6.45) is 6.49. The molecule has 6 rings (SSSR count). The highest BCUT2D eigenvalue weighted by atomic mass is 32.2. The lowest BCUT2D eigenvalue weighted by Gasteiger charge is -2.16. The van der Waals surface area contributed by atoms with Crippen LogP contribution in [-0.4, -0.2) is 20.3 Å². The molecule has 2 atom stereocenters. The molecule has 0 N–H and O–H groups in total. The van der Waals surface area contributed by atoms with Gasteiger partial charge in [-0.1, -0.05) is 88.3 Å². The molecule has 252 valence electrons. The van der Waals surface area contributed by atoms with Crippen LogP contribution in [0.4, 0.5) is 0 Å². The number of hydrogen-bond acceptors (Lipinski definition) is 10. The zero-order valence-electron chi connectivity index (χ0n) is 27.7. The average Bonchev–Trinajstić information content (AvgIpc) is 3.90. The van der Waals surface area contributed by atoms with E-state index in [9.17, 15) is 0 Å². The highest BCUT2D eigenvalue weighted by molar-refractivity contribution is 8.22. The Kier molecular flexibility index (Phi) is 13.0. The second-order valence-corrected chi connectivity index (χ2v) is 19.4. The van der Waals surface area contributed by atoms with Crippen molar-refractivity contribution in [1.82, 2.24) is 0 Å². The van der Waals surface area contributed by atoms with Gasteiger partial charge >= 0.3 is 0 Å². The van der Waals surface area contributed by atoms with Crippen molar-refractivity contribution in [3.05, 3.63) is 70.4 Å². The smallest absolute Gasteiger partial charge is 0.220 e. The van der Waals surface area contributed by atoms with Gasteiger partial charge in [0.15, 0.2) is 0 Å². The van der Waals surface area contributed by atoms with Crippen LogP contribution in [0.1, 0.15) is 88.2 Å². The summed E-state index contributed by atoms with van der Waals surface area (Å²) in [7, 11) is 0. The van der Waals surface area contributed by atoms with Crippen LogP contribution in [0.5, 0.6) is 0 Å². The molecule has 0 spiro atoms. The number of ether oxygens (including phenoxy) is 2. The van der Waals surface area contributed by atoms with E-state index < -0.39 is 0 Å². The maximum Gasteiger partial charge on any atom is 0.220 e. The summed E-state index contributed by atoms with van der Waals surface area (Å²) in [5.41, 5.74) is 2.52. The number of benzene rings is 2. The molecule has 0 aliphatic carbocycles. The third kappa shape index (κ3) is 8.34. The topological polar surface area (TPSA) is 18.5 Å². The molecule has 0 saturated carbocycles. The van der Waals surface area contributed by atoms with E-state index in [2.05, 4.69) is 88.4 Å². The molecule has 48 heavy (non-hydrogen) atoms. The van der Waals surface area contributed by atoms with E-state index in [0.29, 0.717) is 8.77 Å². The van der Waals surface area contributed by atoms with Crippen LogP contribution < -0.4 is 0 Å². The zero-order chi connectivity index (χ0) is 33.6. The van der Waals surface area contributed by atoms with Crippen molar-refractivity contribution in [3.8, 4) is 20.9 Å². The van der Waals surface area contributed by atoms with E-state index in [1.165, 1.54) is 73.0 Å². The van der Waals surface area contributed by atoms with Gasteiger partial charge in [-0.15, -0.1) is 45.3 Å². The molecule has 10 heteroatoms. The van der Waals surface area contributed by atoms with Crippen molar-refractivity contribution in [2.24, 2.45) is 0 Å². The predicted octanol–water partition coefficient (Wildman–Crippen LogP) is 15.3. The summed E-state index contributed by atoms with van der Waals surface area (Å²) < 4.78 is 19.2. The molecular formula is C38H40O2S8. The minimum absolute atomic E-state index is 0.0113. The fourth-order valence-corrected chi connectivity index (χ4v) is 12.8. The summed E-state index contributed by atoms with van der Waals surface area (Å²) in [6, 6.07) is 22.8. The van der Waals surface area contributed by atoms with Crippen molar-refractivity contribution in [3.63, 3.8) is 0 Å². The lowest BCUT2D eigenvalue weighted by Crippen LogP contribution is -2.05. The maximum atomic E-state index is 6.20. The summed E-state index contributed by atoms with van der Waals surface area (Å²) in [5, 5.41) is 2.69. The van der Waals surface area contributed by atoms with Crippen molar-refractivity contribution < 1.29 is 9.47 Å². The fraction of sp³-hybridized carbons (Fsp3) is 0.368. The predicted molar refractivity (Wildman–Crippen MR) is 230 cm³/mol. The fourth-order valence-electron chi connectivity index (χ4n) is 5.51. The van der Waals surface area contributed by atoms with E-state index in [1.807, 2.05) is 45.3 Å². The third-order valence-corrected chi connectivity index (χ3v) is 15.7. The van der Waals surface area contributed by atoms with Gasteiger partial charge in [0, 0.05) is 51.2 Å². The Morgan fingerprint density at radius 2 is 1.04 bits per heavy atom. The molecule has 0 aliphatic heterocycles. The van der Waals surface area contributed by atoms with Crippen LogP contribution in [-0.2, 0) is 9.47 Å². The number of rotatable bonds is 14. The minimum Gasteiger partial charge on any atom is -0.470 e. The van der Waals surface area contributed by atoms with Gasteiger partial charge < -0.3 is 9.47 Å². The summed E-state index contributed by atoms with van der Waals surface area (Å²) in [5.74, 6) is 2.05. The van der Waals surface area contributed by atoms with Gasteiger partial charge in [0.2, 0.25) is 8.77 Å². The first-order valence-corrected chi connectivity index (χ1v) is 22.7. The molecule has 4 heterocycles. The first kappa shape index (κ1) is 36.3. The van der Waals surface area contributed by atoms with Gasteiger partial charge in [-0.05, 0) is 97.6 Å². The van der Waals surface area contributed by atoms with Gasteiger partial charge in [-0.25, -0.2) is 0 Å². The SMILES string of the molecule is CCCCSC(=S)OC(CC)c1ccc(-c2ccc3c(c2)sc2c4ccc(-c5ccc(C(CC)OC(=S)SCCCC)s5)cc4sc32)s1. The largest absolute Gasteiger partial charge is 0.470 e. The van der Waals surface area contributed by atoms with Crippen LogP contribution in [0.2, 0.25) is 0 Å². The lowest BCUT2D eigenvalue weighted by molar-refractivity contribution is 0.204. The van der Waals surface area contributed by atoms with Crippen molar-refractivity contribution >= 4 is 132 Å². The summed E-state index contributed by atoms with van der Waals surface area (Å²) in [4.78, 5) is 5.02. The van der Waals surface area contributed by atoms with Crippen LogP contribution in [0, 0.1) is 0 Å². The molecule has 4 aromatic heterocycles.